The SMILES string of the molecule is Cc1ccn2c(Cl)c(CN)nc2n1. The highest BCUT2D eigenvalue weighted by molar-refractivity contribution is 6.30. The number of hydrogen-bond donors (Lipinski definition) is 1. The van der Waals surface area contributed by atoms with Crippen LogP contribution in [0.4, 0.5) is 0 Å². The van der Waals surface area contributed by atoms with Crippen molar-refractivity contribution < 1.29 is 0 Å². The van der Waals surface area contributed by atoms with Crippen LogP contribution in [0.3, 0.4) is 0 Å². The first-order valence-corrected chi connectivity index (χ1v) is 4.30. The zero-order valence-corrected chi connectivity index (χ0v) is 7.91. The Morgan fingerprint density at radius 1 is 1.54 bits per heavy atom. The quantitative estimate of drug-likeness (QED) is 0.745. The Bertz CT molecular complexity index is 449. The smallest absolute Gasteiger partial charge is 0.235 e. The van der Waals surface area contributed by atoms with E-state index in [9.17, 15) is 0 Å². The van der Waals surface area contributed by atoms with E-state index in [1.807, 2.05) is 19.2 Å². The topological polar surface area (TPSA) is 56.2 Å². The highest BCUT2D eigenvalue weighted by Gasteiger charge is 2.08. The Morgan fingerprint density at radius 3 is 3.00 bits per heavy atom. The third kappa shape index (κ3) is 1.28. The van der Waals surface area contributed by atoms with Gasteiger partial charge in [-0.05, 0) is 13.0 Å². The summed E-state index contributed by atoms with van der Waals surface area (Å²) < 4.78 is 1.72. The number of imidazole rings is 1. The molecule has 0 saturated carbocycles. The lowest BCUT2D eigenvalue weighted by atomic mass is 10.5. The first-order chi connectivity index (χ1) is 6.22. The lowest BCUT2D eigenvalue weighted by Gasteiger charge is -1.94. The molecule has 68 valence electrons. The van der Waals surface area contributed by atoms with Gasteiger partial charge in [-0.2, -0.15) is 0 Å². The Kier molecular flexibility index (Phi) is 1.94. The van der Waals surface area contributed by atoms with Crippen LogP contribution < -0.4 is 5.73 Å². The maximum atomic E-state index is 5.99. The average molecular weight is 197 g/mol. The largest absolute Gasteiger partial charge is 0.325 e. The zero-order valence-electron chi connectivity index (χ0n) is 7.16. The van der Waals surface area contributed by atoms with Gasteiger partial charge in [-0.25, -0.2) is 9.97 Å². The van der Waals surface area contributed by atoms with Crippen LogP contribution in [0.2, 0.25) is 5.15 Å². The Hall–Kier alpha value is -1.13. The fraction of sp³-hybridized carbons (Fsp3) is 0.250. The molecule has 0 atom stereocenters. The molecule has 0 fully saturated rings. The summed E-state index contributed by atoms with van der Waals surface area (Å²) in [5.41, 5.74) is 7.06. The number of nitrogens with two attached hydrogens (primary N) is 1. The van der Waals surface area contributed by atoms with E-state index in [4.69, 9.17) is 17.3 Å². The van der Waals surface area contributed by atoms with Crippen LogP contribution in [0.15, 0.2) is 12.3 Å². The van der Waals surface area contributed by atoms with Crippen molar-refractivity contribution in [3.63, 3.8) is 0 Å². The van der Waals surface area contributed by atoms with Crippen molar-refractivity contribution in [2.24, 2.45) is 5.73 Å². The second-order valence-corrected chi connectivity index (χ2v) is 3.15. The summed E-state index contributed by atoms with van der Waals surface area (Å²) in [6.07, 6.45) is 1.84. The Labute approximate surface area is 80.4 Å². The first-order valence-electron chi connectivity index (χ1n) is 3.92. The Balaban J connectivity index is 2.76. The van der Waals surface area contributed by atoms with E-state index >= 15 is 0 Å². The van der Waals surface area contributed by atoms with E-state index in [0.29, 0.717) is 23.2 Å². The molecule has 2 aromatic rings. The van der Waals surface area contributed by atoms with Crippen molar-refractivity contribution in [1.29, 1.82) is 0 Å². The van der Waals surface area contributed by atoms with Gasteiger partial charge in [0.05, 0.1) is 5.69 Å². The molecule has 0 radical (unpaired) electrons. The summed E-state index contributed by atoms with van der Waals surface area (Å²) in [5, 5.41) is 0.546. The van der Waals surface area contributed by atoms with Crippen LogP contribution in [-0.4, -0.2) is 14.4 Å². The molecule has 0 spiro atoms. The van der Waals surface area contributed by atoms with E-state index in [-0.39, 0.29) is 0 Å². The van der Waals surface area contributed by atoms with Crippen molar-refractivity contribution in [2.45, 2.75) is 13.5 Å². The number of aromatic nitrogens is 3. The zero-order chi connectivity index (χ0) is 9.42. The van der Waals surface area contributed by atoms with Crippen LogP contribution in [0.25, 0.3) is 5.78 Å². The number of halogens is 1. The number of aryl methyl sites for hydroxylation is 1. The van der Waals surface area contributed by atoms with Crippen LogP contribution in [0, 0.1) is 6.92 Å². The van der Waals surface area contributed by atoms with E-state index in [1.54, 1.807) is 4.40 Å². The summed E-state index contributed by atoms with van der Waals surface area (Å²) >= 11 is 5.99. The summed E-state index contributed by atoms with van der Waals surface area (Å²) in [6, 6.07) is 1.88. The van der Waals surface area contributed by atoms with Gasteiger partial charge in [0.1, 0.15) is 5.15 Å². The minimum atomic E-state index is 0.335. The fourth-order valence-electron chi connectivity index (χ4n) is 1.17. The van der Waals surface area contributed by atoms with E-state index in [1.165, 1.54) is 0 Å². The third-order valence-corrected chi connectivity index (χ3v) is 2.23. The molecule has 4 nitrogen and oxygen atoms in total. The third-order valence-electron chi connectivity index (χ3n) is 1.83. The lowest BCUT2D eigenvalue weighted by Crippen LogP contribution is -1.96. The molecular weight excluding hydrogens is 188 g/mol. The average Bonchev–Trinajstić information content (AvgIpc) is 2.42. The Morgan fingerprint density at radius 2 is 2.31 bits per heavy atom. The molecule has 0 aliphatic rings. The summed E-state index contributed by atoms with van der Waals surface area (Å²) in [5.74, 6) is 0.602. The molecule has 0 aromatic carbocycles. The van der Waals surface area contributed by atoms with Crippen LogP contribution in [0.5, 0.6) is 0 Å². The van der Waals surface area contributed by atoms with Crippen molar-refractivity contribution >= 4 is 17.4 Å². The predicted octanol–water partition coefficient (Wildman–Crippen LogP) is 1.15. The molecule has 2 N–H and O–H groups in total. The maximum Gasteiger partial charge on any atom is 0.235 e. The van der Waals surface area contributed by atoms with E-state index in [0.717, 1.165) is 5.69 Å². The molecule has 0 bridgehead atoms. The fourth-order valence-corrected chi connectivity index (χ4v) is 1.42. The normalized spacial score (nSPS) is 11.0. The van der Waals surface area contributed by atoms with Gasteiger partial charge < -0.3 is 5.73 Å². The minimum absolute atomic E-state index is 0.335. The van der Waals surface area contributed by atoms with Crippen molar-refractivity contribution in [2.75, 3.05) is 0 Å². The molecule has 0 unspecified atom stereocenters. The van der Waals surface area contributed by atoms with Gasteiger partial charge in [-0.3, -0.25) is 4.40 Å². The van der Waals surface area contributed by atoms with Gasteiger partial charge in [0.25, 0.3) is 0 Å². The molecule has 0 saturated heterocycles. The molecule has 5 heteroatoms. The predicted molar refractivity (Wildman–Crippen MR) is 50.6 cm³/mol. The standard InChI is InChI=1S/C8H9ClN4/c1-5-2-3-13-7(9)6(4-10)12-8(13)11-5/h2-3H,4,10H2,1H3. The van der Waals surface area contributed by atoms with Crippen LogP contribution in [0.1, 0.15) is 11.4 Å². The molecule has 2 heterocycles. The first kappa shape index (κ1) is 8.47. The number of nitrogens with zero attached hydrogens (tertiary/aromatic N) is 3. The molecule has 0 aliphatic heterocycles. The maximum absolute atomic E-state index is 5.99. The van der Waals surface area contributed by atoms with Gasteiger partial charge in [0, 0.05) is 18.4 Å². The van der Waals surface area contributed by atoms with Crippen LogP contribution >= 0.6 is 11.6 Å². The molecule has 2 aromatic heterocycles. The van der Waals surface area contributed by atoms with E-state index in [2.05, 4.69) is 9.97 Å². The van der Waals surface area contributed by atoms with E-state index < -0.39 is 0 Å². The highest BCUT2D eigenvalue weighted by Crippen LogP contribution is 2.16. The van der Waals surface area contributed by atoms with Gasteiger partial charge in [0.2, 0.25) is 5.78 Å². The minimum Gasteiger partial charge on any atom is -0.325 e. The second-order valence-electron chi connectivity index (χ2n) is 2.79. The summed E-state index contributed by atoms with van der Waals surface area (Å²) in [7, 11) is 0. The lowest BCUT2D eigenvalue weighted by molar-refractivity contribution is 1.01. The number of hydrogen-bond acceptors (Lipinski definition) is 3. The highest BCUT2D eigenvalue weighted by atomic mass is 35.5. The van der Waals surface area contributed by atoms with Crippen molar-refractivity contribution in [1.82, 2.24) is 14.4 Å². The summed E-state index contributed by atoms with van der Waals surface area (Å²) in [6.45, 7) is 2.24. The van der Waals surface area contributed by atoms with Crippen molar-refractivity contribution in [3.05, 3.63) is 28.8 Å². The number of fused-ring (bicyclic) bond motifs is 1. The summed E-state index contributed by atoms with van der Waals surface area (Å²) in [4.78, 5) is 8.40. The number of rotatable bonds is 1. The van der Waals surface area contributed by atoms with Crippen LogP contribution in [-0.2, 0) is 6.54 Å². The monoisotopic (exact) mass is 196 g/mol. The molecule has 0 aliphatic carbocycles. The van der Waals surface area contributed by atoms with Gasteiger partial charge in [-0.15, -0.1) is 0 Å². The van der Waals surface area contributed by atoms with Gasteiger partial charge >= 0.3 is 0 Å². The molecule has 0 amide bonds. The molecular formula is C8H9ClN4. The second kappa shape index (κ2) is 2.97. The molecule has 2 rings (SSSR count). The van der Waals surface area contributed by atoms with Gasteiger partial charge in [0.15, 0.2) is 0 Å². The molecule has 13 heavy (non-hydrogen) atoms. The van der Waals surface area contributed by atoms with Gasteiger partial charge in [-0.1, -0.05) is 11.6 Å². The van der Waals surface area contributed by atoms with Crippen molar-refractivity contribution in [3.8, 4) is 0 Å².